The van der Waals surface area contributed by atoms with Gasteiger partial charge >= 0.3 is 0 Å². The molecular formula is C14H26O2. The van der Waals surface area contributed by atoms with E-state index >= 15 is 0 Å². The van der Waals surface area contributed by atoms with Crippen LogP contribution in [0.3, 0.4) is 0 Å². The van der Waals surface area contributed by atoms with Gasteiger partial charge < -0.3 is 5.11 Å². The molecule has 0 aromatic heterocycles. The first-order valence-corrected chi connectivity index (χ1v) is 6.68. The summed E-state index contributed by atoms with van der Waals surface area (Å²) in [4.78, 5) is 11.6. The Labute approximate surface area is 99.4 Å². The summed E-state index contributed by atoms with van der Waals surface area (Å²) in [6, 6.07) is 0. The zero-order valence-electron chi connectivity index (χ0n) is 10.9. The van der Waals surface area contributed by atoms with E-state index in [0.717, 1.165) is 11.8 Å². The van der Waals surface area contributed by atoms with Gasteiger partial charge in [0.05, 0.1) is 6.10 Å². The molecule has 0 amide bonds. The van der Waals surface area contributed by atoms with Gasteiger partial charge in [0.1, 0.15) is 5.78 Å². The minimum absolute atomic E-state index is 0.240. The van der Waals surface area contributed by atoms with E-state index in [1.807, 2.05) is 0 Å². The number of aliphatic hydroxyl groups is 1. The van der Waals surface area contributed by atoms with Crippen LogP contribution in [0.2, 0.25) is 0 Å². The molecule has 0 saturated heterocycles. The predicted octanol–water partition coefficient (Wildman–Crippen LogP) is 3.18. The van der Waals surface area contributed by atoms with E-state index in [-0.39, 0.29) is 5.78 Å². The van der Waals surface area contributed by atoms with Crippen LogP contribution in [-0.4, -0.2) is 17.0 Å². The second kappa shape index (κ2) is 6.39. The molecule has 2 nitrogen and oxygen atoms in total. The zero-order chi connectivity index (χ0) is 12.1. The smallest absolute Gasteiger partial charge is 0.135 e. The molecule has 0 aromatic carbocycles. The Kier molecular flexibility index (Phi) is 5.47. The van der Waals surface area contributed by atoms with E-state index < -0.39 is 6.10 Å². The van der Waals surface area contributed by atoms with Gasteiger partial charge in [-0.3, -0.25) is 4.79 Å². The van der Waals surface area contributed by atoms with Crippen LogP contribution in [0.5, 0.6) is 0 Å². The second-order valence-electron chi connectivity index (χ2n) is 5.83. The quantitative estimate of drug-likeness (QED) is 0.781. The molecule has 2 heteroatoms. The molecule has 1 rings (SSSR count). The number of hydrogen-bond acceptors (Lipinski definition) is 2. The summed E-state index contributed by atoms with van der Waals surface area (Å²) in [5.74, 6) is 2.37. The third-order valence-corrected chi connectivity index (χ3v) is 3.81. The molecule has 1 aliphatic rings. The molecule has 1 saturated carbocycles. The van der Waals surface area contributed by atoms with Crippen molar-refractivity contribution in [3.63, 3.8) is 0 Å². The van der Waals surface area contributed by atoms with E-state index in [4.69, 9.17) is 0 Å². The van der Waals surface area contributed by atoms with Crippen LogP contribution >= 0.6 is 0 Å². The number of Topliss-reactive ketones (excluding diaryl/α,β-unsaturated/α-hetero) is 1. The van der Waals surface area contributed by atoms with E-state index in [1.165, 1.54) is 25.7 Å². The number of carbonyl (C=O) groups is 1. The van der Waals surface area contributed by atoms with Crippen molar-refractivity contribution in [3.05, 3.63) is 0 Å². The largest absolute Gasteiger partial charge is 0.393 e. The van der Waals surface area contributed by atoms with Gasteiger partial charge in [-0.1, -0.05) is 33.1 Å². The Morgan fingerprint density at radius 2 is 2.00 bits per heavy atom. The van der Waals surface area contributed by atoms with Gasteiger partial charge in [-0.25, -0.2) is 0 Å². The first kappa shape index (κ1) is 13.7. The lowest BCUT2D eigenvalue weighted by molar-refractivity contribution is -0.122. The van der Waals surface area contributed by atoms with Crippen LogP contribution in [0.25, 0.3) is 0 Å². The van der Waals surface area contributed by atoms with Gasteiger partial charge in [0.25, 0.3) is 0 Å². The maximum atomic E-state index is 11.6. The van der Waals surface area contributed by atoms with E-state index in [9.17, 15) is 9.90 Å². The molecule has 1 unspecified atom stereocenters. The topological polar surface area (TPSA) is 37.3 Å². The molecule has 0 aliphatic heterocycles. The minimum Gasteiger partial charge on any atom is -0.393 e. The predicted molar refractivity (Wildman–Crippen MR) is 66.2 cm³/mol. The van der Waals surface area contributed by atoms with Crippen molar-refractivity contribution in [1.82, 2.24) is 0 Å². The van der Waals surface area contributed by atoms with Crippen LogP contribution in [0, 0.1) is 17.8 Å². The summed E-state index contributed by atoms with van der Waals surface area (Å²) >= 11 is 0. The van der Waals surface area contributed by atoms with E-state index in [0.29, 0.717) is 18.8 Å². The van der Waals surface area contributed by atoms with Crippen LogP contribution in [0.15, 0.2) is 0 Å². The van der Waals surface area contributed by atoms with Crippen molar-refractivity contribution < 1.29 is 9.90 Å². The summed E-state index contributed by atoms with van der Waals surface area (Å²) in [5, 5.41) is 9.17. The molecule has 0 heterocycles. The summed E-state index contributed by atoms with van der Waals surface area (Å²) in [6.45, 7) is 6.25. The molecule has 1 aliphatic carbocycles. The first-order valence-electron chi connectivity index (χ1n) is 6.68. The summed E-state index contributed by atoms with van der Waals surface area (Å²) in [5.41, 5.74) is 0. The lowest BCUT2D eigenvalue weighted by Gasteiger charge is -2.31. The van der Waals surface area contributed by atoms with Crippen LogP contribution in [-0.2, 0) is 4.79 Å². The van der Waals surface area contributed by atoms with E-state index in [2.05, 4.69) is 13.8 Å². The molecule has 0 aromatic rings. The second-order valence-corrected chi connectivity index (χ2v) is 5.83. The lowest BCUT2D eigenvalue weighted by atomic mass is 9.74. The average molecular weight is 226 g/mol. The fraction of sp³-hybridized carbons (Fsp3) is 0.929. The standard InChI is InChI=1S/C14H26O2/c1-10(2)13-6-4-5-12(8-13)9-14(16)7-11(3)15/h10-13,15H,4-9H2,1-3H3/t11?,12-,13+/m1/s1. The first-order chi connectivity index (χ1) is 7.49. The fourth-order valence-corrected chi connectivity index (χ4v) is 2.86. The summed E-state index contributed by atoms with van der Waals surface area (Å²) in [6.07, 6.45) is 5.57. The summed E-state index contributed by atoms with van der Waals surface area (Å²) < 4.78 is 0. The number of ketones is 1. The third-order valence-electron chi connectivity index (χ3n) is 3.81. The highest BCUT2D eigenvalue weighted by molar-refractivity contribution is 5.79. The SMILES string of the molecule is CC(O)CC(=O)C[C@@H]1CCC[C@H](C(C)C)C1. The number of rotatable bonds is 5. The van der Waals surface area contributed by atoms with Crippen LogP contribution < -0.4 is 0 Å². The van der Waals surface area contributed by atoms with Gasteiger partial charge in [-0.05, 0) is 31.1 Å². The normalized spacial score (nSPS) is 28.1. The van der Waals surface area contributed by atoms with Crippen LogP contribution in [0.1, 0.15) is 59.3 Å². The van der Waals surface area contributed by atoms with Gasteiger partial charge in [0.15, 0.2) is 0 Å². The highest BCUT2D eigenvalue weighted by atomic mass is 16.3. The Hall–Kier alpha value is -0.370. The maximum absolute atomic E-state index is 11.6. The molecule has 16 heavy (non-hydrogen) atoms. The monoisotopic (exact) mass is 226 g/mol. The molecule has 94 valence electrons. The Bertz CT molecular complexity index is 221. The Balaban J connectivity index is 2.34. The number of hydrogen-bond donors (Lipinski definition) is 1. The highest BCUT2D eigenvalue weighted by Crippen LogP contribution is 2.35. The van der Waals surface area contributed by atoms with Crippen molar-refractivity contribution in [2.45, 2.75) is 65.4 Å². The minimum atomic E-state index is -0.475. The zero-order valence-corrected chi connectivity index (χ0v) is 10.9. The van der Waals surface area contributed by atoms with E-state index in [1.54, 1.807) is 6.92 Å². The third kappa shape index (κ3) is 4.65. The molecule has 1 fully saturated rings. The van der Waals surface area contributed by atoms with Crippen molar-refractivity contribution in [2.75, 3.05) is 0 Å². The molecular weight excluding hydrogens is 200 g/mol. The van der Waals surface area contributed by atoms with Gasteiger partial charge in [0.2, 0.25) is 0 Å². The Morgan fingerprint density at radius 1 is 1.31 bits per heavy atom. The maximum Gasteiger partial charge on any atom is 0.135 e. The molecule has 0 bridgehead atoms. The number of carbonyl (C=O) groups excluding carboxylic acids is 1. The summed E-state index contributed by atoms with van der Waals surface area (Å²) in [7, 11) is 0. The van der Waals surface area contributed by atoms with Crippen molar-refractivity contribution in [3.8, 4) is 0 Å². The van der Waals surface area contributed by atoms with Crippen LogP contribution in [0.4, 0.5) is 0 Å². The molecule has 1 N–H and O–H groups in total. The average Bonchev–Trinajstić information content (AvgIpc) is 2.16. The van der Waals surface area contributed by atoms with Crippen molar-refractivity contribution in [1.29, 1.82) is 0 Å². The molecule has 3 atom stereocenters. The van der Waals surface area contributed by atoms with Crippen molar-refractivity contribution in [2.24, 2.45) is 17.8 Å². The highest BCUT2D eigenvalue weighted by Gasteiger charge is 2.25. The van der Waals surface area contributed by atoms with Gasteiger partial charge in [0, 0.05) is 12.8 Å². The van der Waals surface area contributed by atoms with Gasteiger partial charge in [-0.15, -0.1) is 0 Å². The fourth-order valence-electron chi connectivity index (χ4n) is 2.86. The Morgan fingerprint density at radius 3 is 2.56 bits per heavy atom. The van der Waals surface area contributed by atoms with Gasteiger partial charge in [-0.2, -0.15) is 0 Å². The van der Waals surface area contributed by atoms with Crippen molar-refractivity contribution >= 4 is 5.78 Å². The number of aliphatic hydroxyl groups excluding tert-OH is 1. The molecule has 0 spiro atoms. The molecule has 0 radical (unpaired) electrons. The lowest BCUT2D eigenvalue weighted by Crippen LogP contribution is -2.22.